The van der Waals surface area contributed by atoms with Crippen LogP contribution >= 0.6 is 0 Å². The van der Waals surface area contributed by atoms with E-state index >= 15 is 0 Å². The Hall–Kier alpha value is -5.13. The minimum atomic E-state index is -1.36. The summed E-state index contributed by atoms with van der Waals surface area (Å²) in [5.74, 6) is -3.93. The van der Waals surface area contributed by atoms with Crippen molar-refractivity contribution in [3.8, 4) is 5.75 Å². The van der Waals surface area contributed by atoms with E-state index in [1.165, 1.54) is 30.3 Å². The Morgan fingerprint density at radius 1 is 0.882 bits per heavy atom. The van der Waals surface area contributed by atoms with E-state index < -0.39 is 59.2 Å². The summed E-state index contributed by atoms with van der Waals surface area (Å²) in [5, 5.41) is 24.2. The average molecular weight is 709 g/mol. The van der Waals surface area contributed by atoms with E-state index in [9.17, 15) is 34.2 Å². The van der Waals surface area contributed by atoms with Gasteiger partial charge in [-0.15, -0.1) is 0 Å². The summed E-state index contributed by atoms with van der Waals surface area (Å²) in [4.78, 5) is 63.8. The van der Waals surface area contributed by atoms with Gasteiger partial charge in [0.1, 0.15) is 17.5 Å². The molecule has 51 heavy (non-hydrogen) atoms. The van der Waals surface area contributed by atoms with Gasteiger partial charge >= 0.3 is 24.0 Å². The predicted molar refractivity (Wildman–Crippen MR) is 192 cm³/mol. The minimum absolute atomic E-state index is 0.0468. The second-order valence-corrected chi connectivity index (χ2v) is 14.4. The zero-order chi connectivity index (χ0) is 38.4. The quantitative estimate of drug-likeness (QED) is 0.0823. The molecule has 0 aliphatic rings. The molecule has 12 nitrogen and oxygen atoms in total. The normalized spacial score (nSPS) is 14.4. The van der Waals surface area contributed by atoms with Crippen molar-refractivity contribution in [3.63, 3.8) is 0 Å². The molecule has 2 amide bonds. The molecular formula is C39H52N2O10. The molecule has 2 aromatic rings. The first-order valence-corrected chi connectivity index (χ1v) is 16.9. The van der Waals surface area contributed by atoms with Crippen molar-refractivity contribution in [1.82, 2.24) is 10.6 Å². The number of aromatic hydroxyl groups is 1. The van der Waals surface area contributed by atoms with Crippen molar-refractivity contribution in [2.75, 3.05) is 6.54 Å². The Morgan fingerprint density at radius 2 is 1.51 bits per heavy atom. The van der Waals surface area contributed by atoms with E-state index in [2.05, 4.69) is 10.6 Å². The van der Waals surface area contributed by atoms with Crippen LogP contribution in [0.4, 0.5) is 4.79 Å². The van der Waals surface area contributed by atoms with E-state index in [0.717, 1.165) is 11.6 Å². The van der Waals surface area contributed by atoms with E-state index in [-0.39, 0.29) is 42.5 Å². The second-order valence-electron chi connectivity index (χ2n) is 14.4. The van der Waals surface area contributed by atoms with Gasteiger partial charge in [-0.1, -0.05) is 81.5 Å². The summed E-state index contributed by atoms with van der Waals surface area (Å²) >= 11 is 0. The van der Waals surface area contributed by atoms with Gasteiger partial charge in [0, 0.05) is 18.9 Å². The van der Waals surface area contributed by atoms with E-state index in [1.807, 2.05) is 63.3 Å². The Morgan fingerprint density at radius 3 is 2.08 bits per heavy atom. The highest BCUT2D eigenvalue weighted by Gasteiger charge is 2.36. The zero-order valence-corrected chi connectivity index (χ0v) is 30.7. The smallest absolute Gasteiger partial charge is 0.407 e. The summed E-state index contributed by atoms with van der Waals surface area (Å²) in [6, 6.07) is 13.6. The Kier molecular flexibility index (Phi) is 15.9. The number of amides is 2. The predicted octanol–water partition coefficient (Wildman–Crippen LogP) is 6.35. The molecule has 0 saturated heterocycles. The maximum Gasteiger partial charge on any atom is 0.407 e. The van der Waals surface area contributed by atoms with Gasteiger partial charge in [0.05, 0.1) is 5.41 Å². The molecule has 0 fully saturated rings. The lowest BCUT2D eigenvalue weighted by Crippen LogP contribution is -2.44. The number of esters is 2. The number of ether oxygens (including phenoxy) is 3. The molecule has 0 spiro atoms. The van der Waals surface area contributed by atoms with Crippen LogP contribution in [-0.2, 0) is 33.4 Å². The fourth-order valence-corrected chi connectivity index (χ4v) is 4.59. The van der Waals surface area contributed by atoms with Crippen LogP contribution in [0.25, 0.3) is 6.08 Å². The van der Waals surface area contributed by atoms with Crippen molar-refractivity contribution < 1.29 is 48.4 Å². The highest BCUT2D eigenvalue weighted by molar-refractivity contribution is 5.91. The lowest BCUT2D eigenvalue weighted by Gasteiger charge is -2.29. The third-order valence-electron chi connectivity index (χ3n) is 7.47. The molecule has 12 heteroatoms. The summed E-state index contributed by atoms with van der Waals surface area (Å²) in [7, 11) is 0. The number of aliphatic carboxylic acids is 1. The molecule has 0 aliphatic carbocycles. The van der Waals surface area contributed by atoms with E-state index in [4.69, 9.17) is 14.2 Å². The molecule has 0 saturated carbocycles. The number of phenols is 1. The van der Waals surface area contributed by atoms with Crippen LogP contribution in [0.15, 0.2) is 72.8 Å². The molecular weight excluding hydrogens is 656 g/mol. The number of rotatable bonds is 17. The molecule has 0 aliphatic heterocycles. The van der Waals surface area contributed by atoms with Gasteiger partial charge < -0.3 is 35.1 Å². The summed E-state index contributed by atoms with van der Waals surface area (Å²) < 4.78 is 16.9. The standard InChI is InChI=1S/C39H52N2O10/c1-25(2)23-31(50-36(47)39(7,8)24-40-37(48)51-38(4,5)6)35(46)49-30(26(3)17-18-27-13-10-9-11-14-27)15-12-16-32(43)41-33(34(44)45)28-19-21-29(42)22-20-28/h9-14,16-22,25-26,30-31,33,42H,15,23-24H2,1-8H3,(H,40,48)(H,41,43)(H,44,45)/b16-12+,18-17+/t26-,30+,31+,33-/m1/s1. The van der Waals surface area contributed by atoms with Crippen LogP contribution in [0.3, 0.4) is 0 Å². The molecule has 4 atom stereocenters. The van der Waals surface area contributed by atoms with Crippen LogP contribution in [-0.4, -0.2) is 64.5 Å². The molecule has 4 N–H and O–H groups in total. The molecule has 0 unspecified atom stereocenters. The lowest BCUT2D eigenvalue weighted by molar-refractivity contribution is -0.178. The third-order valence-corrected chi connectivity index (χ3v) is 7.47. The summed E-state index contributed by atoms with van der Waals surface area (Å²) in [6.45, 7) is 13.8. The van der Waals surface area contributed by atoms with Crippen molar-refractivity contribution in [3.05, 3.63) is 84.0 Å². The summed E-state index contributed by atoms with van der Waals surface area (Å²) in [5.41, 5.74) is -0.740. The van der Waals surface area contributed by atoms with Crippen LogP contribution in [0.5, 0.6) is 5.75 Å². The molecule has 0 heterocycles. The van der Waals surface area contributed by atoms with Crippen molar-refractivity contribution in [2.45, 2.75) is 92.1 Å². The zero-order valence-electron chi connectivity index (χ0n) is 30.7. The summed E-state index contributed by atoms with van der Waals surface area (Å²) in [6.07, 6.45) is 3.88. The van der Waals surface area contributed by atoms with Crippen molar-refractivity contribution in [2.24, 2.45) is 17.3 Å². The number of benzene rings is 2. The first-order chi connectivity index (χ1) is 23.8. The Bertz CT molecular complexity index is 1530. The van der Waals surface area contributed by atoms with Gasteiger partial charge in [0.25, 0.3) is 0 Å². The molecule has 0 bridgehead atoms. The second kappa shape index (κ2) is 19.3. The molecule has 278 valence electrons. The van der Waals surface area contributed by atoms with Gasteiger partial charge in [0.2, 0.25) is 5.91 Å². The fraction of sp³-hybridized carbons (Fsp3) is 0.462. The first kappa shape index (κ1) is 42.0. The van der Waals surface area contributed by atoms with E-state index in [1.54, 1.807) is 34.6 Å². The largest absolute Gasteiger partial charge is 0.508 e. The van der Waals surface area contributed by atoms with Crippen LogP contribution in [0.1, 0.15) is 85.4 Å². The van der Waals surface area contributed by atoms with Gasteiger partial charge in [-0.25, -0.2) is 14.4 Å². The fourth-order valence-electron chi connectivity index (χ4n) is 4.59. The minimum Gasteiger partial charge on any atom is -0.508 e. The SMILES string of the molecule is CC(C)C[C@H](OC(=O)C(C)(C)CNC(=O)OC(C)(C)C)C(=O)O[C@@H](C/C=C/C(=O)N[C@@H](C(=O)O)c1ccc(O)cc1)[C@H](C)/C=C/c1ccccc1. The maximum absolute atomic E-state index is 13.7. The first-order valence-electron chi connectivity index (χ1n) is 16.9. The van der Waals surface area contributed by atoms with E-state index in [0.29, 0.717) is 0 Å². The number of carbonyl (C=O) groups excluding carboxylic acids is 4. The van der Waals surface area contributed by atoms with Gasteiger partial charge in [-0.05, 0) is 76.3 Å². The number of carboxylic acid groups (broad SMARTS) is 1. The van der Waals surface area contributed by atoms with Crippen LogP contribution in [0.2, 0.25) is 0 Å². The number of carboxylic acids is 1. The number of alkyl carbamates (subject to hydrolysis) is 1. The van der Waals surface area contributed by atoms with Gasteiger partial charge in [-0.3, -0.25) is 9.59 Å². The number of nitrogens with one attached hydrogen (secondary N) is 2. The maximum atomic E-state index is 13.7. The van der Waals surface area contributed by atoms with Crippen LogP contribution in [0, 0.1) is 17.3 Å². The number of carbonyl (C=O) groups is 5. The molecule has 0 aromatic heterocycles. The number of hydrogen-bond donors (Lipinski definition) is 4. The van der Waals surface area contributed by atoms with Gasteiger partial charge in [-0.2, -0.15) is 0 Å². The number of hydrogen-bond acceptors (Lipinski definition) is 9. The topological polar surface area (TPSA) is 178 Å². The Balaban J connectivity index is 2.23. The molecule has 2 aromatic carbocycles. The highest BCUT2D eigenvalue weighted by atomic mass is 16.6. The number of phenolic OH excluding ortho intramolecular Hbond substituents is 1. The van der Waals surface area contributed by atoms with Crippen molar-refractivity contribution >= 4 is 36.0 Å². The lowest BCUT2D eigenvalue weighted by atomic mass is 9.93. The van der Waals surface area contributed by atoms with Gasteiger partial charge in [0.15, 0.2) is 12.1 Å². The monoisotopic (exact) mass is 708 g/mol. The third kappa shape index (κ3) is 15.5. The highest BCUT2D eigenvalue weighted by Crippen LogP contribution is 2.23. The average Bonchev–Trinajstić information content (AvgIpc) is 3.04. The van der Waals surface area contributed by atoms with Crippen LogP contribution < -0.4 is 10.6 Å². The Labute approximate surface area is 300 Å². The van der Waals surface area contributed by atoms with Crippen molar-refractivity contribution in [1.29, 1.82) is 0 Å². The molecule has 0 radical (unpaired) electrons. The molecule has 2 rings (SSSR count).